The summed E-state index contributed by atoms with van der Waals surface area (Å²) >= 11 is 0. The van der Waals surface area contributed by atoms with E-state index in [0.29, 0.717) is 11.4 Å². The number of rotatable bonds is 6. The fraction of sp³-hybridized carbons (Fsp3) is 0.0189. The third kappa shape index (κ3) is 5.59. The molecule has 10 aromatic carbocycles. The first-order chi connectivity index (χ1) is 32.1. The Labute approximate surface area is 334 Å². The van der Waals surface area contributed by atoms with Gasteiger partial charge in [0.1, 0.15) is 0 Å². The van der Waals surface area contributed by atoms with E-state index in [1.54, 1.807) is 4.90 Å². The Hall–Kier alpha value is -6.96. The predicted molar refractivity (Wildman–Crippen MR) is 232 cm³/mol. The first-order valence-corrected chi connectivity index (χ1v) is 17.6. The van der Waals surface area contributed by atoms with Crippen LogP contribution in [0.3, 0.4) is 0 Å². The number of nitrogens with zero attached hydrogens (tertiary/aromatic N) is 1. The van der Waals surface area contributed by atoms with Gasteiger partial charge in [-0.3, -0.25) is 0 Å². The second kappa shape index (κ2) is 13.2. The van der Waals surface area contributed by atoms with Gasteiger partial charge < -0.3 is 4.90 Å². The molecule has 0 fully saturated rings. The second-order valence-corrected chi connectivity index (χ2v) is 13.2. The minimum Gasteiger partial charge on any atom is -0.310 e. The van der Waals surface area contributed by atoms with E-state index in [-0.39, 0.29) is 5.69 Å². The average molecular weight is 701 g/mol. The molecule has 0 atom stereocenters. The van der Waals surface area contributed by atoms with E-state index < -0.39 is 101 Å². The van der Waals surface area contributed by atoms with E-state index in [0.717, 1.165) is 59.8 Å². The van der Waals surface area contributed by atoms with Gasteiger partial charge in [0.25, 0.3) is 0 Å². The molecule has 0 radical (unpaired) electrons. The van der Waals surface area contributed by atoms with Gasteiger partial charge in [-0.1, -0.05) is 175 Å². The van der Waals surface area contributed by atoms with E-state index in [9.17, 15) is 5.48 Å². The van der Waals surface area contributed by atoms with Crippen molar-refractivity contribution in [1.29, 1.82) is 0 Å². The van der Waals surface area contributed by atoms with Crippen LogP contribution in [-0.2, 0) is 0 Å². The van der Waals surface area contributed by atoms with Crippen molar-refractivity contribution in [2.45, 2.75) is 6.92 Å². The van der Waals surface area contributed by atoms with Gasteiger partial charge in [0, 0.05) is 16.8 Å². The summed E-state index contributed by atoms with van der Waals surface area (Å²) in [6.45, 7) is 2.07. The average Bonchev–Trinajstić information content (AvgIpc) is 3.34. The molecule has 10 rings (SSSR count). The van der Waals surface area contributed by atoms with Crippen LogP contribution in [0.5, 0.6) is 0 Å². The zero-order valence-corrected chi connectivity index (χ0v) is 29.1. The summed E-state index contributed by atoms with van der Waals surface area (Å²) in [5.41, 5.74) is 1.95. The highest BCUT2D eigenvalue weighted by molar-refractivity contribution is 6.15. The molecule has 0 aliphatic heterocycles. The topological polar surface area (TPSA) is 3.24 Å². The van der Waals surface area contributed by atoms with Gasteiger partial charge in [0.05, 0.1) is 23.5 Å². The van der Waals surface area contributed by atoms with Crippen molar-refractivity contribution in [3.05, 3.63) is 212 Å². The lowest BCUT2D eigenvalue weighted by atomic mass is 9.92. The number of hydrogen-bond acceptors (Lipinski definition) is 1. The summed E-state index contributed by atoms with van der Waals surface area (Å²) in [7, 11) is 0. The van der Waals surface area contributed by atoms with Crippen molar-refractivity contribution in [3.63, 3.8) is 0 Å². The Kier molecular flexibility index (Phi) is 5.12. The summed E-state index contributed by atoms with van der Waals surface area (Å²) in [6.07, 6.45) is 0. The Morgan fingerprint density at radius 3 is 1.59 bits per heavy atom. The fourth-order valence-electron chi connectivity index (χ4n) is 7.33. The van der Waals surface area contributed by atoms with Gasteiger partial charge in [-0.25, -0.2) is 0 Å². The van der Waals surface area contributed by atoms with Crippen molar-refractivity contribution >= 4 is 60.2 Å². The zero-order valence-electron chi connectivity index (χ0n) is 42.1. The monoisotopic (exact) mass is 700 g/mol. The largest absolute Gasteiger partial charge is 0.310 e. The van der Waals surface area contributed by atoms with Gasteiger partial charge >= 0.3 is 0 Å². The molecular weight excluding hydrogens is 651 g/mol. The molecule has 10 aromatic rings. The lowest BCUT2D eigenvalue weighted by Crippen LogP contribution is -2.10. The molecule has 0 bridgehead atoms. The highest BCUT2D eigenvalue weighted by Crippen LogP contribution is 2.43. The molecule has 0 spiro atoms. The Bertz CT molecular complexity index is 3670. The Morgan fingerprint density at radius 1 is 0.370 bits per heavy atom. The van der Waals surface area contributed by atoms with Gasteiger partial charge in [-0.2, -0.15) is 0 Å². The van der Waals surface area contributed by atoms with Gasteiger partial charge in [0.2, 0.25) is 0 Å². The number of aryl methyl sites for hydroxylation is 1. The summed E-state index contributed by atoms with van der Waals surface area (Å²) in [5.74, 6) is 0. The zero-order chi connectivity index (χ0) is 47.3. The maximum Gasteiger partial charge on any atom is 0.0645 e. The maximum absolute atomic E-state index is 9.67. The van der Waals surface area contributed by atoms with E-state index in [1.165, 1.54) is 0 Å². The minimum absolute atomic E-state index is 0.121. The van der Waals surface area contributed by atoms with Crippen LogP contribution in [0.25, 0.3) is 76.5 Å². The van der Waals surface area contributed by atoms with Crippen LogP contribution < -0.4 is 4.90 Å². The van der Waals surface area contributed by atoms with Crippen LogP contribution in [0, 0.1) is 6.92 Å². The van der Waals surface area contributed by atoms with Crippen molar-refractivity contribution in [3.8, 4) is 33.4 Å². The summed E-state index contributed by atoms with van der Waals surface area (Å²) in [5, 5.41) is 7.91. The van der Waals surface area contributed by atoms with E-state index in [1.807, 2.05) is 91.0 Å². The summed E-state index contributed by atoms with van der Waals surface area (Å²) < 4.78 is 116. The van der Waals surface area contributed by atoms with E-state index in [2.05, 4.69) is 43.3 Å². The molecule has 54 heavy (non-hydrogen) atoms. The standard InChI is InChI=1S/C53H37N/c1-36-19-20-43-34-52(49-17-8-7-16-48(49)51(43)33-36)41-27-31-45(32-28-41)54(53-35-42-13-5-6-14-46(42)47-15-9-10-18-50(47)53)44-29-25-40(26-30-44)39-23-21-38(22-24-39)37-11-3-2-4-12-37/h2-35H,1H3/i2D,3D,4D,11D,12D,21D,22D,23D,24D,25D,26D,29D,30D. The molecule has 0 amide bonds. The molecule has 0 heterocycles. The normalized spacial score (nSPS) is 14.8. The molecule has 0 aromatic heterocycles. The number of anilines is 3. The van der Waals surface area contributed by atoms with Gasteiger partial charge in [-0.05, 0) is 114 Å². The lowest BCUT2D eigenvalue weighted by molar-refractivity contribution is 1.30. The SMILES string of the molecule is [2H]c1c([2H])c([2H])c(-c2c([2H])c([2H])c(-c3c([2H])c([2H])c(N(c4ccc(-c5cc6ccc(C)cc6c6ccccc56)cc4)c4cc5ccccc5c5ccccc45)c([2H])c3[2H])c([2H])c2[2H])c([2H])c1[2H]. The molecule has 0 saturated heterocycles. The Balaban J connectivity index is 1.21. The molecule has 1 nitrogen and oxygen atoms in total. The first kappa shape index (κ1) is 20.9. The Morgan fingerprint density at radius 2 is 0.907 bits per heavy atom. The number of benzene rings is 10. The predicted octanol–water partition coefficient (Wildman–Crippen LogP) is 15.1. The molecule has 0 N–H and O–H groups in total. The molecule has 0 saturated carbocycles. The summed E-state index contributed by atoms with van der Waals surface area (Å²) in [4.78, 5) is 1.70. The van der Waals surface area contributed by atoms with Crippen molar-refractivity contribution in [2.75, 3.05) is 4.90 Å². The van der Waals surface area contributed by atoms with E-state index >= 15 is 0 Å². The smallest absolute Gasteiger partial charge is 0.0645 e. The van der Waals surface area contributed by atoms with Crippen LogP contribution in [-0.4, -0.2) is 0 Å². The van der Waals surface area contributed by atoms with Crippen LogP contribution in [0.2, 0.25) is 0 Å². The maximum atomic E-state index is 9.67. The van der Waals surface area contributed by atoms with Crippen LogP contribution in [0.4, 0.5) is 17.1 Å². The third-order valence-electron chi connectivity index (χ3n) is 9.90. The molecule has 0 aliphatic rings. The summed E-state index contributed by atoms with van der Waals surface area (Å²) in [6, 6.07) is 33.2. The lowest BCUT2D eigenvalue weighted by Gasteiger charge is -2.28. The van der Waals surface area contributed by atoms with Crippen molar-refractivity contribution in [2.24, 2.45) is 0 Å². The van der Waals surface area contributed by atoms with Crippen molar-refractivity contribution in [1.82, 2.24) is 0 Å². The number of fused-ring (bicyclic) bond motifs is 6. The van der Waals surface area contributed by atoms with Crippen LogP contribution in [0.15, 0.2) is 206 Å². The molecule has 0 aliphatic carbocycles. The van der Waals surface area contributed by atoms with Crippen LogP contribution >= 0.6 is 0 Å². The molecule has 1 heteroatoms. The first-order valence-electron chi connectivity index (χ1n) is 24.1. The number of hydrogen-bond donors (Lipinski definition) is 0. The minimum atomic E-state index is -0.769. The highest BCUT2D eigenvalue weighted by Gasteiger charge is 2.18. The molecule has 0 unspecified atom stereocenters. The van der Waals surface area contributed by atoms with Crippen LogP contribution in [0.1, 0.15) is 23.4 Å². The fourth-order valence-corrected chi connectivity index (χ4v) is 7.33. The molecular formula is C53H37N. The highest BCUT2D eigenvalue weighted by atomic mass is 15.1. The molecule has 254 valence electrons. The van der Waals surface area contributed by atoms with Gasteiger partial charge in [-0.15, -0.1) is 0 Å². The second-order valence-electron chi connectivity index (χ2n) is 13.2. The van der Waals surface area contributed by atoms with Gasteiger partial charge in [0.15, 0.2) is 0 Å². The third-order valence-corrected chi connectivity index (χ3v) is 9.90. The van der Waals surface area contributed by atoms with E-state index in [4.69, 9.17) is 12.3 Å². The van der Waals surface area contributed by atoms with Crippen molar-refractivity contribution < 1.29 is 17.8 Å². The quantitative estimate of drug-likeness (QED) is 0.156.